The minimum atomic E-state index is -4.84. The number of carbonyl (C=O) groups is 1. The molecular weight excluding hydrogens is 199 g/mol. The van der Waals surface area contributed by atoms with E-state index in [1.165, 1.54) is 6.08 Å². The largest absolute Gasteiger partial charge is 0.471 e. The van der Waals surface area contributed by atoms with Crippen molar-refractivity contribution in [3.05, 3.63) is 12.2 Å². The summed E-state index contributed by atoms with van der Waals surface area (Å²) in [4.78, 5) is 10.5. The number of aliphatic hydroxyl groups excluding tert-OH is 1. The van der Waals surface area contributed by atoms with E-state index in [4.69, 9.17) is 5.11 Å². The summed E-state index contributed by atoms with van der Waals surface area (Å²) in [5, 5.41) is 10.5. The zero-order chi connectivity index (χ0) is 10.8. The Balaban J connectivity index is 2.41. The molecule has 1 rings (SSSR count). The van der Waals surface area contributed by atoms with E-state index in [-0.39, 0.29) is 12.5 Å². The SMILES string of the molecule is O=C(N[C@H]1C=C[C@@H](CO)C1)C(F)(F)F. The Morgan fingerprint density at radius 2 is 2.14 bits per heavy atom. The molecular formula is C8H10F3NO2. The second-order valence-electron chi connectivity index (χ2n) is 3.14. The number of hydrogen-bond acceptors (Lipinski definition) is 2. The zero-order valence-electron chi connectivity index (χ0n) is 7.21. The first kappa shape index (κ1) is 11.0. The van der Waals surface area contributed by atoms with Gasteiger partial charge < -0.3 is 10.4 Å². The minimum Gasteiger partial charge on any atom is -0.396 e. The van der Waals surface area contributed by atoms with Crippen molar-refractivity contribution in [1.82, 2.24) is 5.32 Å². The lowest BCUT2D eigenvalue weighted by atomic mass is 10.1. The lowest BCUT2D eigenvalue weighted by molar-refractivity contribution is -0.174. The summed E-state index contributed by atoms with van der Waals surface area (Å²) >= 11 is 0. The number of alkyl halides is 3. The first-order chi connectivity index (χ1) is 6.43. The fraction of sp³-hybridized carbons (Fsp3) is 0.625. The van der Waals surface area contributed by atoms with Gasteiger partial charge in [0.2, 0.25) is 0 Å². The number of amides is 1. The number of halogens is 3. The molecule has 14 heavy (non-hydrogen) atoms. The van der Waals surface area contributed by atoms with Crippen molar-refractivity contribution in [2.24, 2.45) is 5.92 Å². The van der Waals surface area contributed by atoms with Gasteiger partial charge in [-0.3, -0.25) is 4.79 Å². The van der Waals surface area contributed by atoms with Crippen LogP contribution in [-0.2, 0) is 4.79 Å². The van der Waals surface area contributed by atoms with Gasteiger partial charge in [-0.15, -0.1) is 0 Å². The van der Waals surface area contributed by atoms with Gasteiger partial charge in [-0.1, -0.05) is 12.2 Å². The van der Waals surface area contributed by atoms with E-state index >= 15 is 0 Å². The van der Waals surface area contributed by atoms with Crippen LogP contribution in [0.25, 0.3) is 0 Å². The topological polar surface area (TPSA) is 49.3 Å². The van der Waals surface area contributed by atoms with E-state index in [9.17, 15) is 18.0 Å². The molecule has 0 spiro atoms. The van der Waals surface area contributed by atoms with Crippen LogP contribution in [-0.4, -0.2) is 29.8 Å². The second-order valence-corrected chi connectivity index (χ2v) is 3.14. The summed E-state index contributed by atoms with van der Waals surface area (Å²) in [6, 6.07) is -0.624. The molecule has 3 nitrogen and oxygen atoms in total. The van der Waals surface area contributed by atoms with Crippen molar-refractivity contribution >= 4 is 5.91 Å². The van der Waals surface area contributed by atoms with E-state index in [0.717, 1.165) is 0 Å². The van der Waals surface area contributed by atoms with E-state index in [2.05, 4.69) is 0 Å². The van der Waals surface area contributed by atoms with Crippen LogP contribution in [0.3, 0.4) is 0 Å². The van der Waals surface area contributed by atoms with Gasteiger partial charge in [0, 0.05) is 18.6 Å². The number of carbonyl (C=O) groups excluding carboxylic acids is 1. The van der Waals surface area contributed by atoms with E-state index in [1.54, 1.807) is 6.08 Å². The summed E-state index contributed by atoms with van der Waals surface area (Å²) in [6.45, 7) is -0.116. The van der Waals surface area contributed by atoms with Crippen molar-refractivity contribution in [1.29, 1.82) is 0 Å². The molecule has 80 valence electrons. The Morgan fingerprint density at radius 1 is 1.50 bits per heavy atom. The minimum absolute atomic E-state index is 0.116. The Labute approximate surface area is 78.6 Å². The molecule has 1 aliphatic carbocycles. The predicted molar refractivity (Wildman–Crippen MR) is 42.3 cm³/mol. The number of aliphatic hydroxyl groups is 1. The van der Waals surface area contributed by atoms with E-state index in [1.807, 2.05) is 5.32 Å². The highest BCUT2D eigenvalue weighted by Gasteiger charge is 2.39. The van der Waals surface area contributed by atoms with Gasteiger partial charge in [-0.25, -0.2) is 0 Å². The van der Waals surface area contributed by atoms with Crippen LogP contribution in [0.5, 0.6) is 0 Å². The number of hydrogen-bond donors (Lipinski definition) is 2. The fourth-order valence-corrected chi connectivity index (χ4v) is 1.27. The predicted octanol–water partition coefficient (Wildman–Crippen LogP) is 0.602. The summed E-state index contributed by atoms with van der Waals surface area (Å²) < 4.78 is 35.4. The van der Waals surface area contributed by atoms with E-state index in [0.29, 0.717) is 6.42 Å². The van der Waals surface area contributed by atoms with Gasteiger partial charge in [-0.2, -0.15) is 13.2 Å². The molecule has 2 atom stereocenters. The average molecular weight is 209 g/mol. The third-order valence-corrected chi connectivity index (χ3v) is 1.98. The molecule has 6 heteroatoms. The molecule has 0 heterocycles. The molecule has 2 N–H and O–H groups in total. The third-order valence-electron chi connectivity index (χ3n) is 1.98. The first-order valence-corrected chi connectivity index (χ1v) is 4.10. The first-order valence-electron chi connectivity index (χ1n) is 4.10. The van der Waals surface area contributed by atoms with Crippen LogP contribution >= 0.6 is 0 Å². The molecule has 1 amide bonds. The van der Waals surface area contributed by atoms with E-state index < -0.39 is 18.1 Å². The quantitative estimate of drug-likeness (QED) is 0.654. The summed E-state index contributed by atoms with van der Waals surface area (Å²) in [6.07, 6.45) is -1.46. The maximum atomic E-state index is 11.8. The van der Waals surface area contributed by atoms with Gasteiger partial charge in [0.25, 0.3) is 0 Å². The lowest BCUT2D eigenvalue weighted by Gasteiger charge is -2.13. The highest BCUT2D eigenvalue weighted by atomic mass is 19.4. The number of rotatable bonds is 2. The Bertz CT molecular complexity index is 249. The van der Waals surface area contributed by atoms with Gasteiger partial charge in [0.15, 0.2) is 0 Å². The molecule has 0 aromatic rings. The summed E-state index contributed by atoms with van der Waals surface area (Å²) in [5.41, 5.74) is 0. The van der Waals surface area contributed by atoms with Gasteiger partial charge in [0.1, 0.15) is 0 Å². The normalized spacial score (nSPS) is 26.6. The third kappa shape index (κ3) is 2.73. The average Bonchev–Trinajstić information content (AvgIpc) is 2.50. The molecule has 0 saturated heterocycles. The molecule has 0 aromatic heterocycles. The van der Waals surface area contributed by atoms with Crippen molar-refractivity contribution in [2.75, 3.05) is 6.61 Å². The molecule has 0 saturated carbocycles. The highest BCUT2D eigenvalue weighted by molar-refractivity contribution is 5.82. The lowest BCUT2D eigenvalue weighted by Crippen LogP contribution is -2.41. The van der Waals surface area contributed by atoms with Crippen molar-refractivity contribution in [3.8, 4) is 0 Å². The van der Waals surface area contributed by atoms with Gasteiger partial charge in [0.05, 0.1) is 0 Å². The molecule has 0 aliphatic heterocycles. The molecule has 0 fully saturated rings. The Morgan fingerprint density at radius 3 is 2.57 bits per heavy atom. The van der Waals surface area contributed by atoms with Crippen LogP contribution in [0, 0.1) is 5.92 Å². The van der Waals surface area contributed by atoms with Crippen LogP contribution in [0.4, 0.5) is 13.2 Å². The molecule has 0 unspecified atom stereocenters. The fourth-order valence-electron chi connectivity index (χ4n) is 1.27. The van der Waals surface area contributed by atoms with Crippen molar-refractivity contribution < 1.29 is 23.1 Å². The second kappa shape index (κ2) is 4.00. The van der Waals surface area contributed by atoms with Crippen LogP contribution in [0.15, 0.2) is 12.2 Å². The zero-order valence-corrected chi connectivity index (χ0v) is 7.21. The maximum absolute atomic E-state index is 11.8. The summed E-state index contributed by atoms with van der Waals surface area (Å²) in [7, 11) is 0. The highest BCUT2D eigenvalue weighted by Crippen LogP contribution is 2.20. The molecule has 0 bridgehead atoms. The van der Waals surface area contributed by atoms with Crippen molar-refractivity contribution in [3.63, 3.8) is 0 Å². The van der Waals surface area contributed by atoms with Crippen LogP contribution in [0.1, 0.15) is 6.42 Å². The molecule has 0 radical (unpaired) electrons. The maximum Gasteiger partial charge on any atom is 0.471 e. The van der Waals surface area contributed by atoms with Crippen molar-refractivity contribution in [2.45, 2.75) is 18.6 Å². The molecule has 0 aromatic carbocycles. The monoisotopic (exact) mass is 209 g/mol. The Hall–Kier alpha value is -1.04. The van der Waals surface area contributed by atoms with Gasteiger partial charge in [-0.05, 0) is 6.42 Å². The van der Waals surface area contributed by atoms with Crippen LogP contribution in [0.2, 0.25) is 0 Å². The standard InChI is InChI=1S/C8H10F3NO2/c9-8(10,11)7(14)12-6-2-1-5(3-6)4-13/h1-2,5-6,13H,3-4H2,(H,12,14)/t5-,6+/m1/s1. The smallest absolute Gasteiger partial charge is 0.396 e. The van der Waals surface area contributed by atoms with Gasteiger partial charge >= 0.3 is 12.1 Å². The summed E-state index contributed by atoms with van der Waals surface area (Å²) in [5.74, 6) is -2.10. The van der Waals surface area contributed by atoms with Crippen LogP contribution < -0.4 is 5.32 Å². The Kier molecular flexibility index (Phi) is 3.15. The molecule has 1 aliphatic rings. The number of nitrogens with one attached hydrogen (secondary N) is 1.